The van der Waals surface area contributed by atoms with Gasteiger partial charge in [-0.1, -0.05) is 0 Å². The van der Waals surface area contributed by atoms with Crippen LogP contribution < -0.4 is 0 Å². The van der Waals surface area contributed by atoms with Crippen LogP contribution in [0, 0.1) is 11.8 Å². The Hall–Kier alpha value is -1.23. The van der Waals surface area contributed by atoms with Gasteiger partial charge in [-0.2, -0.15) is 0 Å². The van der Waals surface area contributed by atoms with E-state index in [4.69, 9.17) is 18.9 Å². The van der Waals surface area contributed by atoms with Gasteiger partial charge in [-0.25, -0.2) is 4.79 Å². The number of carbonyl (C=O) groups is 1. The van der Waals surface area contributed by atoms with Gasteiger partial charge >= 0.3 is 6.16 Å². The summed E-state index contributed by atoms with van der Waals surface area (Å²) >= 11 is 0. The third-order valence-electron chi connectivity index (χ3n) is 3.65. The molecule has 2 heterocycles. The quantitative estimate of drug-likeness (QED) is 0.567. The number of ether oxygens (including phenoxy) is 4. The molecular formula is C14H22O5. The molecule has 2 rings (SSSR count). The topological polar surface area (TPSA) is 54.0 Å². The van der Waals surface area contributed by atoms with Crippen molar-refractivity contribution in [2.75, 3.05) is 13.7 Å². The van der Waals surface area contributed by atoms with Crippen LogP contribution in [0.3, 0.4) is 0 Å². The average molecular weight is 270 g/mol. The van der Waals surface area contributed by atoms with Crippen LogP contribution in [0.2, 0.25) is 0 Å². The van der Waals surface area contributed by atoms with Crippen LogP contribution in [0.25, 0.3) is 0 Å². The standard InChI is InChI=1S/C14H22O5/c1-9(2)18-14(15)17-8-11-10(6-7-16-3)12-4-5-13(11)19-12/h6-7,9-13H,4-5,8H2,1-3H3/b7-6+/t10-,11-,12+,13-/m0/s1. The Kier molecular flexibility index (Phi) is 4.69. The molecule has 0 aliphatic carbocycles. The Bertz CT molecular complexity index is 339. The summed E-state index contributed by atoms with van der Waals surface area (Å²) < 4.78 is 21.0. The van der Waals surface area contributed by atoms with Gasteiger partial charge in [0.25, 0.3) is 0 Å². The van der Waals surface area contributed by atoms with Crippen LogP contribution in [0.15, 0.2) is 12.3 Å². The van der Waals surface area contributed by atoms with E-state index in [1.54, 1.807) is 27.2 Å². The van der Waals surface area contributed by atoms with Crippen molar-refractivity contribution in [3.8, 4) is 0 Å². The molecule has 0 N–H and O–H groups in total. The second kappa shape index (κ2) is 6.28. The van der Waals surface area contributed by atoms with Gasteiger partial charge in [0.2, 0.25) is 0 Å². The zero-order valence-corrected chi connectivity index (χ0v) is 11.7. The van der Waals surface area contributed by atoms with E-state index < -0.39 is 6.16 Å². The first kappa shape index (κ1) is 14.2. The lowest BCUT2D eigenvalue weighted by atomic mass is 9.80. The zero-order chi connectivity index (χ0) is 13.8. The molecule has 108 valence electrons. The Labute approximate surface area is 113 Å². The van der Waals surface area contributed by atoms with Crippen molar-refractivity contribution in [1.29, 1.82) is 0 Å². The summed E-state index contributed by atoms with van der Waals surface area (Å²) in [6.45, 7) is 3.93. The van der Waals surface area contributed by atoms with E-state index in [2.05, 4.69) is 0 Å². The number of rotatable bonds is 5. The maximum Gasteiger partial charge on any atom is 0.508 e. The summed E-state index contributed by atoms with van der Waals surface area (Å²) in [5.74, 6) is 0.454. The van der Waals surface area contributed by atoms with Crippen molar-refractivity contribution in [2.45, 2.75) is 45.0 Å². The van der Waals surface area contributed by atoms with Crippen molar-refractivity contribution in [2.24, 2.45) is 11.8 Å². The van der Waals surface area contributed by atoms with Crippen LogP contribution in [-0.4, -0.2) is 38.2 Å². The van der Waals surface area contributed by atoms with Crippen LogP contribution in [0.5, 0.6) is 0 Å². The predicted molar refractivity (Wildman–Crippen MR) is 68.6 cm³/mol. The maximum atomic E-state index is 11.4. The minimum absolute atomic E-state index is 0.159. The zero-order valence-electron chi connectivity index (χ0n) is 11.7. The van der Waals surface area contributed by atoms with Gasteiger partial charge in [0, 0.05) is 11.8 Å². The van der Waals surface area contributed by atoms with Gasteiger partial charge in [-0.15, -0.1) is 0 Å². The summed E-state index contributed by atoms with van der Waals surface area (Å²) in [4.78, 5) is 11.4. The summed E-state index contributed by atoms with van der Waals surface area (Å²) in [5, 5.41) is 0. The highest BCUT2D eigenvalue weighted by Gasteiger charge is 2.48. The molecular weight excluding hydrogens is 248 g/mol. The molecule has 0 amide bonds. The highest BCUT2D eigenvalue weighted by atomic mass is 16.7. The third kappa shape index (κ3) is 3.41. The van der Waals surface area contributed by atoms with E-state index >= 15 is 0 Å². The fraction of sp³-hybridized carbons (Fsp3) is 0.786. The molecule has 2 saturated heterocycles. The van der Waals surface area contributed by atoms with Gasteiger partial charge in [0.05, 0.1) is 31.7 Å². The summed E-state index contributed by atoms with van der Waals surface area (Å²) in [6, 6.07) is 0. The van der Waals surface area contributed by atoms with Crippen molar-refractivity contribution in [3.05, 3.63) is 12.3 Å². The molecule has 2 aliphatic rings. The molecule has 2 fully saturated rings. The molecule has 2 aliphatic heterocycles. The Balaban J connectivity index is 1.87. The van der Waals surface area contributed by atoms with Crippen LogP contribution >= 0.6 is 0 Å². The van der Waals surface area contributed by atoms with Crippen LogP contribution in [-0.2, 0) is 18.9 Å². The molecule has 4 atom stereocenters. The number of hydrogen-bond donors (Lipinski definition) is 0. The van der Waals surface area contributed by atoms with Crippen LogP contribution in [0.1, 0.15) is 26.7 Å². The van der Waals surface area contributed by atoms with E-state index in [1.807, 2.05) is 6.08 Å². The molecule has 5 heteroatoms. The van der Waals surface area contributed by atoms with Crippen molar-refractivity contribution in [1.82, 2.24) is 0 Å². The molecule has 0 aromatic carbocycles. The van der Waals surface area contributed by atoms with Crippen LogP contribution in [0.4, 0.5) is 4.79 Å². The molecule has 0 spiro atoms. The lowest BCUT2D eigenvalue weighted by Crippen LogP contribution is -2.31. The van der Waals surface area contributed by atoms with E-state index in [9.17, 15) is 4.79 Å². The second-order valence-corrected chi connectivity index (χ2v) is 5.32. The number of fused-ring (bicyclic) bond motifs is 2. The average Bonchev–Trinajstić information content (AvgIpc) is 2.93. The summed E-state index contributed by atoms with van der Waals surface area (Å²) in [7, 11) is 1.62. The Morgan fingerprint density at radius 3 is 2.79 bits per heavy atom. The molecule has 0 aromatic heterocycles. The Morgan fingerprint density at radius 2 is 2.11 bits per heavy atom. The van der Waals surface area contributed by atoms with Crippen molar-refractivity contribution >= 4 is 6.16 Å². The molecule has 5 nitrogen and oxygen atoms in total. The van der Waals surface area contributed by atoms with Gasteiger partial charge < -0.3 is 18.9 Å². The van der Waals surface area contributed by atoms with Gasteiger partial charge in [-0.3, -0.25) is 0 Å². The summed E-state index contributed by atoms with van der Waals surface area (Å²) in [6.07, 6.45) is 5.43. The van der Waals surface area contributed by atoms with Crippen molar-refractivity contribution < 1.29 is 23.7 Å². The van der Waals surface area contributed by atoms with Gasteiger partial charge in [0.15, 0.2) is 0 Å². The van der Waals surface area contributed by atoms with Crippen molar-refractivity contribution in [3.63, 3.8) is 0 Å². The van der Waals surface area contributed by atoms with Gasteiger partial charge in [-0.05, 0) is 32.8 Å². The number of methoxy groups -OCH3 is 1. The largest absolute Gasteiger partial charge is 0.508 e. The summed E-state index contributed by atoms with van der Waals surface area (Å²) in [5.41, 5.74) is 0. The highest BCUT2D eigenvalue weighted by Crippen LogP contribution is 2.44. The minimum atomic E-state index is -0.604. The second-order valence-electron chi connectivity index (χ2n) is 5.32. The monoisotopic (exact) mass is 270 g/mol. The third-order valence-corrected chi connectivity index (χ3v) is 3.65. The molecule has 2 bridgehead atoms. The molecule has 0 radical (unpaired) electrons. The maximum absolute atomic E-state index is 11.4. The first-order chi connectivity index (χ1) is 9.11. The predicted octanol–water partition coefficient (Wildman–Crippen LogP) is 2.50. The lowest BCUT2D eigenvalue weighted by Gasteiger charge is -2.25. The lowest BCUT2D eigenvalue weighted by molar-refractivity contribution is 0.0142. The van der Waals surface area contributed by atoms with E-state index in [0.717, 1.165) is 12.8 Å². The first-order valence-electron chi connectivity index (χ1n) is 6.80. The van der Waals surface area contributed by atoms with Gasteiger partial charge in [0.1, 0.15) is 6.61 Å². The fourth-order valence-electron chi connectivity index (χ4n) is 2.86. The number of carbonyl (C=O) groups excluding carboxylic acids is 1. The first-order valence-corrected chi connectivity index (χ1v) is 6.80. The molecule has 0 aromatic rings. The fourth-order valence-corrected chi connectivity index (χ4v) is 2.86. The number of hydrogen-bond acceptors (Lipinski definition) is 5. The van der Waals surface area contributed by atoms with E-state index in [0.29, 0.717) is 6.61 Å². The molecule has 0 unspecified atom stereocenters. The normalized spacial score (nSPS) is 33.1. The molecule has 0 saturated carbocycles. The molecule has 19 heavy (non-hydrogen) atoms. The smallest absolute Gasteiger partial charge is 0.505 e. The van der Waals surface area contributed by atoms with E-state index in [1.165, 1.54) is 0 Å². The minimum Gasteiger partial charge on any atom is -0.505 e. The SMILES string of the molecule is CO/C=C/[C@H]1[C@H](COC(=O)OC(C)C)[C@@H]2CC[C@H]1O2. The highest BCUT2D eigenvalue weighted by molar-refractivity contribution is 5.60. The Morgan fingerprint density at radius 1 is 1.37 bits per heavy atom. The van der Waals surface area contributed by atoms with E-state index in [-0.39, 0.29) is 30.1 Å².